The maximum Gasteiger partial charge on any atom is 0.353 e. The third-order valence-corrected chi connectivity index (χ3v) is 4.23. The second kappa shape index (κ2) is 7.62. The molecule has 0 fully saturated rings. The molecule has 0 radical (unpaired) electrons. The van der Waals surface area contributed by atoms with Crippen molar-refractivity contribution in [2.24, 2.45) is 0 Å². The number of carbonyl (C=O) groups excluding carboxylic acids is 1. The van der Waals surface area contributed by atoms with Crippen molar-refractivity contribution >= 4 is 29.5 Å². The summed E-state index contributed by atoms with van der Waals surface area (Å²) in [5.41, 5.74) is 2.08. The maximum absolute atomic E-state index is 12.1. The quantitative estimate of drug-likeness (QED) is 0.367. The van der Waals surface area contributed by atoms with Crippen LogP contribution in [0.1, 0.15) is 20.8 Å². The van der Waals surface area contributed by atoms with E-state index < -0.39 is 0 Å². The van der Waals surface area contributed by atoms with Crippen LogP contribution in [0.3, 0.4) is 0 Å². The van der Waals surface area contributed by atoms with Crippen molar-refractivity contribution in [3.63, 3.8) is 0 Å². The molecular formula is C20H16O3S. The fraction of sp³-hybridized carbons (Fsp3) is 0.0500. The van der Waals surface area contributed by atoms with E-state index in [9.17, 15) is 4.79 Å². The van der Waals surface area contributed by atoms with Crippen LogP contribution in [0.5, 0.6) is 11.5 Å². The van der Waals surface area contributed by atoms with Gasteiger partial charge in [0.05, 0.1) is 7.11 Å². The Bertz CT molecular complexity index is 837. The van der Waals surface area contributed by atoms with Crippen LogP contribution in [0, 0.1) is 0 Å². The number of hydrogen-bond donors (Lipinski definition) is 0. The van der Waals surface area contributed by atoms with Crippen molar-refractivity contribution in [2.45, 2.75) is 0 Å². The molecule has 0 atom stereocenters. The first-order valence-corrected chi connectivity index (χ1v) is 8.31. The minimum absolute atomic E-state index is 0.379. The summed E-state index contributed by atoms with van der Waals surface area (Å²) in [7, 11) is 1.56. The minimum atomic E-state index is -0.379. The van der Waals surface area contributed by atoms with Crippen molar-refractivity contribution < 1.29 is 14.3 Å². The van der Waals surface area contributed by atoms with Crippen LogP contribution in [-0.4, -0.2) is 13.1 Å². The second-order valence-electron chi connectivity index (χ2n) is 5.02. The molecule has 0 aliphatic heterocycles. The van der Waals surface area contributed by atoms with Gasteiger partial charge in [-0.2, -0.15) is 0 Å². The summed E-state index contributed by atoms with van der Waals surface area (Å²) in [5, 5.41) is 1.84. The number of rotatable bonds is 5. The first-order chi connectivity index (χ1) is 11.8. The highest BCUT2D eigenvalue weighted by Gasteiger charge is 2.13. The lowest BCUT2D eigenvalue weighted by Crippen LogP contribution is -2.07. The molecule has 0 N–H and O–H groups in total. The molecule has 2 aromatic carbocycles. The van der Waals surface area contributed by atoms with Gasteiger partial charge in [-0.3, -0.25) is 0 Å². The average Bonchev–Trinajstić information content (AvgIpc) is 3.16. The second-order valence-corrected chi connectivity index (χ2v) is 5.97. The van der Waals surface area contributed by atoms with Gasteiger partial charge in [0, 0.05) is 0 Å². The third kappa shape index (κ3) is 3.91. The summed E-state index contributed by atoms with van der Waals surface area (Å²) in [5.74, 6) is 0.554. The zero-order valence-electron chi connectivity index (χ0n) is 13.1. The van der Waals surface area contributed by atoms with Crippen LogP contribution < -0.4 is 9.47 Å². The Morgan fingerprint density at radius 1 is 0.917 bits per heavy atom. The fourth-order valence-electron chi connectivity index (χ4n) is 2.17. The molecule has 1 heterocycles. The molecule has 3 nitrogen and oxygen atoms in total. The number of esters is 1. The number of ether oxygens (including phenoxy) is 2. The van der Waals surface area contributed by atoms with Crippen molar-refractivity contribution in [1.29, 1.82) is 0 Å². The SMILES string of the molecule is COc1cc(C=Cc2ccccc2)ccc1OC(=O)c1cccs1. The number of hydrogen-bond acceptors (Lipinski definition) is 4. The zero-order valence-corrected chi connectivity index (χ0v) is 14.0. The molecule has 0 bridgehead atoms. The summed E-state index contributed by atoms with van der Waals surface area (Å²) < 4.78 is 10.8. The number of carbonyl (C=O) groups is 1. The van der Waals surface area contributed by atoms with E-state index in [1.54, 1.807) is 19.2 Å². The molecule has 0 aliphatic carbocycles. The molecule has 24 heavy (non-hydrogen) atoms. The van der Waals surface area contributed by atoms with Gasteiger partial charge < -0.3 is 9.47 Å². The molecule has 0 spiro atoms. The van der Waals surface area contributed by atoms with Gasteiger partial charge in [-0.15, -0.1) is 11.3 Å². The van der Waals surface area contributed by atoms with Crippen molar-refractivity contribution in [1.82, 2.24) is 0 Å². The number of benzene rings is 2. The summed E-state index contributed by atoms with van der Waals surface area (Å²) in [6.45, 7) is 0. The van der Waals surface area contributed by atoms with Crippen LogP contribution in [0.4, 0.5) is 0 Å². The summed E-state index contributed by atoms with van der Waals surface area (Å²) in [4.78, 5) is 12.6. The van der Waals surface area contributed by atoms with Crippen LogP contribution in [-0.2, 0) is 0 Å². The topological polar surface area (TPSA) is 35.5 Å². The number of methoxy groups -OCH3 is 1. The van der Waals surface area contributed by atoms with Crippen molar-refractivity contribution in [3.8, 4) is 11.5 Å². The Balaban J connectivity index is 1.78. The molecule has 120 valence electrons. The summed E-state index contributed by atoms with van der Waals surface area (Å²) in [6.07, 6.45) is 4.01. The molecule has 0 saturated heterocycles. The van der Waals surface area contributed by atoms with E-state index in [1.807, 2.05) is 66.1 Å². The van der Waals surface area contributed by atoms with Crippen LogP contribution >= 0.6 is 11.3 Å². The Kier molecular flexibility index (Phi) is 5.08. The number of thiophene rings is 1. The van der Waals surface area contributed by atoms with E-state index in [0.717, 1.165) is 11.1 Å². The van der Waals surface area contributed by atoms with E-state index in [0.29, 0.717) is 16.4 Å². The lowest BCUT2D eigenvalue weighted by Gasteiger charge is -2.09. The van der Waals surface area contributed by atoms with E-state index >= 15 is 0 Å². The van der Waals surface area contributed by atoms with Crippen molar-refractivity contribution in [3.05, 3.63) is 82.0 Å². The molecule has 3 aromatic rings. The van der Waals surface area contributed by atoms with Gasteiger partial charge >= 0.3 is 5.97 Å². The third-order valence-electron chi connectivity index (χ3n) is 3.38. The van der Waals surface area contributed by atoms with Crippen LogP contribution in [0.2, 0.25) is 0 Å². The molecule has 0 amide bonds. The largest absolute Gasteiger partial charge is 0.493 e. The van der Waals surface area contributed by atoms with E-state index in [2.05, 4.69) is 0 Å². The highest BCUT2D eigenvalue weighted by molar-refractivity contribution is 7.12. The van der Waals surface area contributed by atoms with E-state index in [4.69, 9.17) is 9.47 Å². The monoisotopic (exact) mass is 336 g/mol. The Morgan fingerprint density at radius 3 is 2.42 bits per heavy atom. The molecule has 0 aliphatic rings. The van der Waals surface area contributed by atoms with Gasteiger partial charge in [0.25, 0.3) is 0 Å². The molecule has 1 aromatic heterocycles. The average molecular weight is 336 g/mol. The lowest BCUT2D eigenvalue weighted by molar-refractivity contribution is 0.0735. The van der Waals surface area contributed by atoms with Gasteiger partial charge in [0.2, 0.25) is 0 Å². The fourth-order valence-corrected chi connectivity index (χ4v) is 2.77. The first-order valence-electron chi connectivity index (χ1n) is 7.43. The standard InChI is InChI=1S/C20H16O3S/c1-22-18-14-16(10-9-15-6-3-2-4-7-15)11-12-17(18)23-20(21)19-8-5-13-24-19/h2-14H,1H3. The van der Waals surface area contributed by atoms with E-state index in [-0.39, 0.29) is 5.97 Å². The molecular weight excluding hydrogens is 320 g/mol. The Hall–Kier alpha value is -2.85. The van der Waals surface area contributed by atoms with Crippen molar-refractivity contribution in [2.75, 3.05) is 7.11 Å². The normalized spacial score (nSPS) is 10.7. The van der Waals surface area contributed by atoms with Gasteiger partial charge in [0.1, 0.15) is 4.88 Å². The highest BCUT2D eigenvalue weighted by atomic mass is 32.1. The van der Waals surface area contributed by atoms with Crippen LogP contribution in [0.15, 0.2) is 66.0 Å². The molecule has 3 rings (SSSR count). The Morgan fingerprint density at radius 2 is 1.71 bits per heavy atom. The Labute approximate surface area is 144 Å². The molecule has 4 heteroatoms. The van der Waals surface area contributed by atoms with Gasteiger partial charge in [-0.1, -0.05) is 54.6 Å². The predicted molar refractivity (Wildman–Crippen MR) is 97.6 cm³/mol. The smallest absolute Gasteiger partial charge is 0.353 e. The van der Waals surface area contributed by atoms with E-state index in [1.165, 1.54) is 11.3 Å². The molecule has 0 saturated carbocycles. The maximum atomic E-state index is 12.1. The highest BCUT2D eigenvalue weighted by Crippen LogP contribution is 2.30. The van der Waals surface area contributed by atoms with Gasteiger partial charge in [-0.25, -0.2) is 4.79 Å². The summed E-state index contributed by atoms with van der Waals surface area (Å²) in [6, 6.07) is 19.1. The predicted octanol–water partition coefficient (Wildman–Crippen LogP) is 5.15. The van der Waals surface area contributed by atoms with Gasteiger partial charge in [0.15, 0.2) is 11.5 Å². The summed E-state index contributed by atoms with van der Waals surface area (Å²) >= 11 is 1.35. The first kappa shape index (κ1) is 16.0. The van der Waals surface area contributed by atoms with Gasteiger partial charge in [-0.05, 0) is 34.7 Å². The molecule has 0 unspecified atom stereocenters. The lowest BCUT2D eigenvalue weighted by atomic mass is 10.1. The van der Waals surface area contributed by atoms with Crippen LogP contribution in [0.25, 0.3) is 12.2 Å². The zero-order chi connectivity index (χ0) is 16.8. The minimum Gasteiger partial charge on any atom is -0.493 e.